The molecular weight excluding hydrogens is 381 g/mol. The van der Waals surface area contributed by atoms with Gasteiger partial charge < -0.3 is 5.73 Å². The predicted octanol–water partition coefficient (Wildman–Crippen LogP) is 5.42. The minimum absolute atomic E-state index is 0.719. The summed E-state index contributed by atoms with van der Waals surface area (Å²) in [4.78, 5) is 0. The Hall–Kier alpha value is -2.60. The molecule has 28 heavy (non-hydrogen) atoms. The Morgan fingerprint density at radius 2 is 1.04 bits per heavy atom. The van der Waals surface area contributed by atoms with E-state index in [0.29, 0.717) is 0 Å². The second-order valence-corrected chi connectivity index (χ2v) is 10.7. The summed E-state index contributed by atoms with van der Waals surface area (Å²) in [6.45, 7) is 0. The minimum atomic E-state index is -1.96. The molecule has 0 unspecified atom stereocenters. The molecule has 0 aliphatic carbocycles. The first-order chi connectivity index (χ1) is 13.7. The van der Waals surface area contributed by atoms with Gasteiger partial charge in [0.1, 0.15) is 29.3 Å². The molecule has 0 amide bonds. The lowest BCUT2D eigenvalue weighted by Crippen LogP contribution is -2.32. The Bertz CT molecular complexity index is 953. The molecule has 4 aromatic carbocycles. The van der Waals surface area contributed by atoms with Crippen LogP contribution in [0.15, 0.2) is 109 Å². The number of rotatable bonds is 5. The predicted molar refractivity (Wildman–Crippen MR) is 125 cm³/mol. The SMILES string of the molecule is Nc1ccc(Cl)cc1C[P+](c1ccccc1)(c1ccccc1)c1ccccc1. The highest BCUT2D eigenvalue weighted by Gasteiger charge is 2.45. The summed E-state index contributed by atoms with van der Waals surface area (Å²) in [7, 11) is -1.96. The summed E-state index contributed by atoms with van der Waals surface area (Å²) in [6, 6.07) is 38.2. The number of hydrogen-bond donors (Lipinski definition) is 1. The van der Waals surface area contributed by atoms with Gasteiger partial charge in [-0.1, -0.05) is 66.2 Å². The Kier molecular flexibility index (Phi) is 5.48. The van der Waals surface area contributed by atoms with E-state index in [4.69, 9.17) is 17.3 Å². The standard InChI is InChI=1S/C25H22ClNP/c26-21-16-17-25(27)20(18-21)19-28(22-10-4-1-5-11-22,23-12-6-2-7-13-23)24-14-8-3-9-15-24/h1-18H,19,27H2/q+1. The molecule has 4 rings (SSSR count). The van der Waals surface area contributed by atoms with Crippen LogP contribution in [-0.4, -0.2) is 0 Å². The highest BCUT2D eigenvalue weighted by molar-refractivity contribution is 7.95. The first kappa shape index (κ1) is 18.7. The summed E-state index contributed by atoms with van der Waals surface area (Å²) < 4.78 is 0. The van der Waals surface area contributed by atoms with Gasteiger partial charge in [-0.2, -0.15) is 0 Å². The molecule has 0 aliphatic rings. The molecule has 0 heterocycles. The average molecular weight is 403 g/mol. The normalized spacial score (nSPS) is 11.3. The van der Waals surface area contributed by atoms with Gasteiger partial charge in [0.25, 0.3) is 0 Å². The lowest BCUT2D eigenvalue weighted by Gasteiger charge is -2.28. The smallest absolute Gasteiger partial charge is 0.116 e. The van der Waals surface area contributed by atoms with Crippen LogP contribution in [0.25, 0.3) is 0 Å². The van der Waals surface area contributed by atoms with Crippen LogP contribution in [0.5, 0.6) is 0 Å². The van der Waals surface area contributed by atoms with Crippen molar-refractivity contribution in [3.05, 3.63) is 120 Å². The van der Waals surface area contributed by atoms with Crippen LogP contribution >= 0.6 is 18.9 Å². The van der Waals surface area contributed by atoms with E-state index in [1.54, 1.807) is 0 Å². The monoisotopic (exact) mass is 402 g/mol. The Morgan fingerprint density at radius 1 is 0.607 bits per heavy atom. The molecular formula is C25H22ClNP+. The molecule has 3 heteroatoms. The summed E-state index contributed by atoms with van der Waals surface area (Å²) in [5.74, 6) is 0. The largest absolute Gasteiger partial charge is 0.398 e. The highest BCUT2D eigenvalue weighted by Crippen LogP contribution is 2.58. The molecule has 0 spiro atoms. The number of benzene rings is 4. The number of anilines is 1. The number of nitrogen functional groups attached to an aromatic ring is 1. The van der Waals surface area contributed by atoms with E-state index >= 15 is 0 Å². The molecule has 2 N–H and O–H groups in total. The molecule has 1 nitrogen and oxygen atoms in total. The van der Waals surface area contributed by atoms with Gasteiger partial charge in [0.05, 0.1) is 0 Å². The van der Waals surface area contributed by atoms with Gasteiger partial charge in [-0.25, -0.2) is 0 Å². The fourth-order valence-electron chi connectivity index (χ4n) is 3.74. The third-order valence-corrected chi connectivity index (χ3v) is 9.69. The van der Waals surface area contributed by atoms with Crippen molar-refractivity contribution < 1.29 is 0 Å². The molecule has 0 atom stereocenters. The number of nitrogens with two attached hydrogens (primary N) is 1. The van der Waals surface area contributed by atoms with E-state index in [0.717, 1.165) is 22.4 Å². The van der Waals surface area contributed by atoms with E-state index in [1.165, 1.54) is 15.9 Å². The van der Waals surface area contributed by atoms with Gasteiger partial charge in [0, 0.05) is 16.3 Å². The summed E-state index contributed by atoms with van der Waals surface area (Å²) in [6.07, 6.45) is 0.831. The van der Waals surface area contributed by atoms with Crippen LogP contribution in [0.4, 0.5) is 5.69 Å². The van der Waals surface area contributed by atoms with Crippen molar-refractivity contribution in [3.63, 3.8) is 0 Å². The topological polar surface area (TPSA) is 26.0 Å². The molecule has 4 aromatic rings. The van der Waals surface area contributed by atoms with Crippen molar-refractivity contribution >= 4 is 40.5 Å². The molecule has 0 bridgehead atoms. The first-order valence-electron chi connectivity index (χ1n) is 9.29. The molecule has 0 saturated carbocycles. The van der Waals surface area contributed by atoms with Crippen LogP contribution in [-0.2, 0) is 6.16 Å². The van der Waals surface area contributed by atoms with Crippen molar-refractivity contribution in [1.82, 2.24) is 0 Å². The Balaban J connectivity index is 2.02. The van der Waals surface area contributed by atoms with Gasteiger partial charge in [0.2, 0.25) is 0 Å². The fourth-order valence-corrected chi connectivity index (χ4v) is 8.20. The van der Waals surface area contributed by atoms with Crippen LogP contribution in [0.1, 0.15) is 5.56 Å². The van der Waals surface area contributed by atoms with E-state index in [-0.39, 0.29) is 0 Å². The summed E-state index contributed by atoms with van der Waals surface area (Å²) in [5.41, 5.74) is 8.27. The van der Waals surface area contributed by atoms with Crippen molar-refractivity contribution in [2.75, 3.05) is 5.73 Å². The van der Waals surface area contributed by atoms with Gasteiger partial charge in [-0.05, 0) is 54.6 Å². The zero-order valence-electron chi connectivity index (χ0n) is 15.5. The van der Waals surface area contributed by atoms with E-state index in [9.17, 15) is 0 Å². The summed E-state index contributed by atoms with van der Waals surface area (Å²) in [5, 5.41) is 4.74. The maximum atomic E-state index is 6.39. The second kappa shape index (κ2) is 8.19. The van der Waals surface area contributed by atoms with Gasteiger partial charge in [0.15, 0.2) is 0 Å². The molecule has 0 aromatic heterocycles. The highest BCUT2D eigenvalue weighted by atomic mass is 35.5. The Morgan fingerprint density at radius 3 is 1.46 bits per heavy atom. The summed E-state index contributed by atoms with van der Waals surface area (Å²) >= 11 is 6.34. The van der Waals surface area contributed by atoms with Crippen molar-refractivity contribution in [1.29, 1.82) is 0 Å². The lowest BCUT2D eigenvalue weighted by molar-refractivity contribution is 1.39. The Labute approximate surface area is 172 Å². The second-order valence-electron chi connectivity index (χ2n) is 6.82. The molecule has 138 valence electrons. The quantitative estimate of drug-likeness (QED) is 0.350. The van der Waals surface area contributed by atoms with E-state index in [1.807, 2.05) is 18.2 Å². The van der Waals surface area contributed by atoms with Crippen LogP contribution in [0.2, 0.25) is 5.02 Å². The van der Waals surface area contributed by atoms with Crippen molar-refractivity contribution in [3.8, 4) is 0 Å². The number of halogens is 1. The van der Waals surface area contributed by atoms with Crippen LogP contribution in [0.3, 0.4) is 0 Å². The van der Waals surface area contributed by atoms with Crippen LogP contribution in [0, 0.1) is 0 Å². The van der Waals surface area contributed by atoms with Gasteiger partial charge >= 0.3 is 0 Å². The maximum absolute atomic E-state index is 6.39. The molecule has 0 radical (unpaired) electrons. The van der Waals surface area contributed by atoms with E-state index in [2.05, 4.69) is 91.0 Å². The van der Waals surface area contributed by atoms with Gasteiger partial charge in [-0.3, -0.25) is 0 Å². The van der Waals surface area contributed by atoms with E-state index < -0.39 is 7.26 Å². The van der Waals surface area contributed by atoms with Crippen molar-refractivity contribution in [2.24, 2.45) is 0 Å². The number of hydrogen-bond acceptors (Lipinski definition) is 1. The third kappa shape index (κ3) is 3.56. The fraction of sp³-hybridized carbons (Fsp3) is 0.0400. The third-order valence-electron chi connectivity index (χ3n) is 5.10. The molecule has 0 aliphatic heterocycles. The zero-order chi connectivity index (χ0) is 19.4. The molecule has 0 fully saturated rings. The maximum Gasteiger partial charge on any atom is 0.116 e. The molecule has 0 saturated heterocycles. The van der Waals surface area contributed by atoms with Crippen molar-refractivity contribution in [2.45, 2.75) is 6.16 Å². The average Bonchev–Trinajstić information content (AvgIpc) is 2.76. The zero-order valence-corrected chi connectivity index (χ0v) is 17.2. The first-order valence-corrected chi connectivity index (χ1v) is 11.6. The minimum Gasteiger partial charge on any atom is -0.398 e. The lowest BCUT2D eigenvalue weighted by atomic mass is 10.2. The van der Waals surface area contributed by atoms with Crippen LogP contribution < -0.4 is 21.6 Å². The van der Waals surface area contributed by atoms with Gasteiger partial charge in [-0.15, -0.1) is 0 Å².